The number of allylic oxidation sites excluding steroid dienone is 1. The van der Waals surface area contributed by atoms with Gasteiger partial charge in [0.15, 0.2) is 0 Å². The van der Waals surface area contributed by atoms with Crippen molar-refractivity contribution in [2.45, 2.75) is 6.92 Å². The maximum atomic E-state index is 12.4. The van der Waals surface area contributed by atoms with E-state index < -0.39 is 0 Å². The SMILES string of the molecule is CC=NC1=CC(=O)c2nc3ccccc3c3ccnc1c23. The van der Waals surface area contributed by atoms with Crippen LogP contribution in [-0.2, 0) is 0 Å². The predicted octanol–water partition coefficient (Wildman–Crippen LogP) is 3.41. The molecule has 0 N–H and O–H groups in total. The molecule has 4 nitrogen and oxygen atoms in total. The Balaban J connectivity index is 2.23. The quantitative estimate of drug-likeness (QED) is 0.504. The Bertz CT molecular complexity index is 970. The second kappa shape index (κ2) is 4.31. The van der Waals surface area contributed by atoms with Gasteiger partial charge in [-0.3, -0.25) is 14.8 Å². The molecule has 0 saturated heterocycles. The molecule has 2 aromatic heterocycles. The van der Waals surface area contributed by atoms with E-state index in [0.29, 0.717) is 11.4 Å². The molecule has 2 heterocycles. The van der Waals surface area contributed by atoms with Crippen molar-refractivity contribution in [2.24, 2.45) is 4.99 Å². The zero-order chi connectivity index (χ0) is 14.4. The zero-order valence-electron chi connectivity index (χ0n) is 11.4. The zero-order valence-corrected chi connectivity index (χ0v) is 11.4. The maximum absolute atomic E-state index is 12.4. The van der Waals surface area contributed by atoms with E-state index in [1.807, 2.05) is 37.3 Å². The molecular weight excluding hydrogens is 262 g/mol. The fourth-order valence-corrected chi connectivity index (χ4v) is 2.77. The van der Waals surface area contributed by atoms with Crippen molar-refractivity contribution < 1.29 is 4.79 Å². The Morgan fingerprint density at radius 3 is 2.81 bits per heavy atom. The van der Waals surface area contributed by atoms with E-state index in [4.69, 9.17) is 0 Å². The van der Waals surface area contributed by atoms with Crippen LogP contribution >= 0.6 is 0 Å². The summed E-state index contributed by atoms with van der Waals surface area (Å²) in [5.41, 5.74) is 2.60. The number of aliphatic imine (C=N–C) groups is 1. The minimum Gasteiger partial charge on any atom is -0.287 e. The van der Waals surface area contributed by atoms with Gasteiger partial charge in [0.05, 0.1) is 16.9 Å². The molecule has 0 radical (unpaired) electrons. The molecular formula is C17H11N3O. The minimum atomic E-state index is -0.119. The van der Waals surface area contributed by atoms with Gasteiger partial charge in [-0.1, -0.05) is 18.2 Å². The van der Waals surface area contributed by atoms with Crippen LogP contribution in [0.4, 0.5) is 0 Å². The number of nitrogens with zero attached hydrogens (tertiary/aromatic N) is 3. The first-order valence-corrected chi connectivity index (χ1v) is 6.72. The molecule has 0 aliphatic heterocycles. The van der Waals surface area contributed by atoms with Crippen molar-refractivity contribution in [3.63, 3.8) is 0 Å². The Morgan fingerprint density at radius 1 is 1.10 bits per heavy atom. The third kappa shape index (κ3) is 1.62. The van der Waals surface area contributed by atoms with Gasteiger partial charge in [-0.05, 0) is 24.4 Å². The molecule has 1 aliphatic rings. The first-order valence-electron chi connectivity index (χ1n) is 6.72. The molecule has 100 valence electrons. The Hall–Kier alpha value is -2.88. The summed E-state index contributed by atoms with van der Waals surface area (Å²) in [5, 5.41) is 2.81. The summed E-state index contributed by atoms with van der Waals surface area (Å²) in [6.45, 7) is 1.82. The predicted molar refractivity (Wildman–Crippen MR) is 83.5 cm³/mol. The number of carbonyl (C=O) groups excluding carboxylic acids is 1. The van der Waals surface area contributed by atoms with Crippen LogP contribution in [0.3, 0.4) is 0 Å². The van der Waals surface area contributed by atoms with Crippen molar-refractivity contribution in [3.05, 3.63) is 54.0 Å². The van der Waals surface area contributed by atoms with E-state index in [2.05, 4.69) is 15.0 Å². The minimum absolute atomic E-state index is 0.119. The van der Waals surface area contributed by atoms with Gasteiger partial charge < -0.3 is 0 Å². The van der Waals surface area contributed by atoms with E-state index in [9.17, 15) is 4.79 Å². The van der Waals surface area contributed by atoms with E-state index in [0.717, 1.165) is 27.4 Å². The van der Waals surface area contributed by atoms with Gasteiger partial charge in [0.25, 0.3) is 0 Å². The molecule has 1 aliphatic carbocycles. The standard InChI is InChI=1S/C17H11N3O/c1-2-18-13-9-14(21)17-15-11(7-8-19-16(13)15)10-5-3-4-6-12(10)20-17/h2-9H,1H3. The van der Waals surface area contributed by atoms with Crippen molar-refractivity contribution in [3.8, 4) is 0 Å². The summed E-state index contributed by atoms with van der Waals surface area (Å²) in [5.74, 6) is -0.119. The Morgan fingerprint density at radius 2 is 1.95 bits per heavy atom. The van der Waals surface area contributed by atoms with Crippen molar-refractivity contribution >= 4 is 39.4 Å². The molecule has 0 unspecified atom stereocenters. The summed E-state index contributed by atoms with van der Waals surface area (Å²) in [6.07, 6.45) is 4.92. The number of benzene rings is 1. The number of para-hydroxylation sites is 1. The molecule has 0 fully saturated rings. The fraction of sp³-hybridized carbons (Fsp3) is 0.0588. The number of fused-ring (bicyclic) bond motifs is 2. The van der Waals surface area contributed by atoms with E-state index in [1.54, 1.807) is 12.4 Å². The van der Waals surface area contributed by atoms with Crippen LogP contribution in [-0.4, -0.2) is 22.0 Å². The first kappa shape index (κ1) is 11.9. The van der Waals surface area contributed by atoms with Crippen LogP contribution in [0.1, 0.15) is 23.1 Å². The van der Waals surface area contributed by atoms with Crippen LogP contribution < -0.4 is 0 Å². The highest BCUT2D eigenvalue weighted by Gasteiger charge is 2.23. The molecule has 4 rings (SSSR count). The van der Waals surface area contributed by atoms with Gasteiger partial charge in [0, 0.05) is 29.3 Å². The van der Waals surface area contributed by atoms with Crippen LogP contribution in [0.2, 0.25) is 0 Å². The molecule has 0 spiro atoms. The van der Waals surface area contributed by atoms with E-state index in [-0.39, 0.29) is 5.78 Å². The lowest BCUT2D eigenvalue weighted by Crippen LogP contribution is -2.09. The topological polar surface area (TPSA) is 55.2 Å². The third-order valence-corrected chi connectivity index (χ3v) is 3.63. The van der Waals surface area contributed by atoms with Gasteiger partial charge in [-0.2, -0.15) is 0 Å². The van der Waals surface area contributed by atoms with Gasteiger partial charge >= 0.3 is 0 Å². The number of carbonyl (C=O) groups is 1. The molecule has 21 heavy (non-hydrogen) atoms. The second-order valence-corrected chi connectivity index (χ2v) is 4.84. The summed E-state index contributed by atoms with van der Waals surface area (Å²) in [6, 6.07) is 9.75. The third-order valence-electron chi connectivity index (χ3n) is 3.63. The van der Waals surface area contributed by atoms with Crippen LogP contribution in [0.5, 0.6) is 0 Å². The molecule has 3 aromatic rings. The average molecular weight is 273 g/mol. The summed E-state index contributed by atoms with van der Waals surface area (Å²) in [7, 11) is 0. The Kier molecular flexibility index (Phi) is 2.44. The number of ketones is 1. The lowest BCUT2D eigenvalue weighted by Gasteiger charge is -2.15. The van der Waals surface area contributed by atoms with E-state index >= 15 is 0 Å². The highest BCUT2D eigenvalue weighted by Crippen LogP contribution is 2.34. The lowest BCUT2D eigenvalue weighted by molar-refractivity contribution is 0.104. The summed E-state index contributed by atoms with van der Waals surface area (Å²) < 4.78 is 0. The van der Waals surface area contributed by atoms with Crippen molar-refractivity contribution in [2.75, 3.05) is 0 Å². The molecule has 0 bridgehead atoms. The maximum Gasteiger partial charge on any atom is 0.207 e. The first-order chi connectivity index (χ1) is 10.3. The summed E-state index contributed by atoms with van der Waals surface area (Å²) >= 11 is 0. The van der Waals surface area contributed by atoms with Gasteiger partial charge in [-0.15, -0.1) is 0 Å². The Labute approximate surface area is 120 Å². The lowest BCUT2D eigenvalue weighted by atomic mass is 9.96. The molecule has 0 amide bonds. The largest absolute Gasteiger partial charge is 0.287 e. The number of hydrogen-bond donors (Lipinski definition) is 0. The number of hydrogen-bond acceptors (Lipinski definition) is 4. The highest BCUT2D eigenvalue weighted by atomic mass is 16.1. The van der Waals surface area contributed by atoms with Gasteiger partial charge in [0.1, 0.15) is 5.69 Å². The second-order valence-electron chi connectivity index (χ2n) is 4.84. The van der Waals surface area contributed by atoms with Crippen LogP contribution in [0, 0.1) is 0 Å². The normalized spacial score (nSPS) is 14.1. The van der Waals surface area contributed by atoms with E-state index in [1.165, 1.54) is 6.08 Å². The number of aromatic nitrogens is 2. The van der Waals surface area contributed by atoms with Crippen molar-refractivity contribution in [1.29, 1.82) is 0 Å². The molecule has 0 saturated carbocycles. The summed E-state index contributed by atoms with van der Waals surface area (Å²) in [4.78, 5) is 25.6. The van der Waals surface area contributed by atoms with Crippen LogP contribution in [0.25, 0.3) is 27.4 Å². The monoisotopic (exact) mass is 273 g/mol. The van der Waals surface area contributed by atoms with Crippen LogP contribution in [0.15, 0.2) is 47.6 Å². The number of pyridine rings is 2. The number of rotatable bonds is 1. The smallest absolute Gasteiger partial charge is 0.207 e. The van der Waals surface area contributed by atoms with Gasteiger partial charge in [-0.25, -0.2) is 4.98 Å². The highest BCUT2D eigenvalue weighted by molar-refractivity contribution is 6.24. The van der Waals surface area contributed by atoms with Crippen molar-refractivity contribution in [1.82, 2.24) is 9.97 Å². The average Bonchev–Trinajstić information content (AvgIpc) is 2.52. The molecule has 4 heteroatoms. The van der Waals surface area contributed by atoms with Gasteiger partial charge in [0.2, 0.25) is 5.78 Å². The molecule has 1 aromatic carbocycles. The fourth-order valence-electron chi connectivity index (χ4n) is 2.77. The molecule has 0 atom stereocenters.